The number of halogens is 2. The van der Waals surface area contributed by atoms with Crippen molar-refractivity contribution < 1.29 is 9.59 Å². The minimum Gasteiger partial charge on any atom is -0.326 e. The van der Waals surface area contributed by atoms with Crippen molar-refractivity contribution in [3.63, 3.8) is 0 Å². The van der Waals surface area contributed by atoms with Crippen LogP contribution in [0.25, 0.3) is 0 Å². The van der Waals surface area contributed by atoms with Crippen LogP contribution < -0.4 is 10.6 Å². The number of hydrogen-bond acceptors (Lipinski definition) is 2. The number of carbonyl (C=O) groups excluding carboxylic acids is 2. The van der Waals surface area contributed by atoms with Crippen LogP contribution in [0.5, 0.6) is 0 Å². The van der Waals surface area contributed by atoms with Gasteiger partial charge >= 0.3 is 6.03 Å². The molecule has 0 saturated heterocycles. The summed E-state index contributed by atoms with van der Waals surface area (Å²) < 4.78 is 0. The number of urea groups is 1. The summed E-state index contributed by atoms with van der Waals surface area (Å²) in [5.74, 6) is -0.309. The molecule has 1 aliphatic heterocycles. The third kappa shape index (κ3) is 3.54. The van der Waals surface area contributed by atoms with Crippen molar-refractivity contribution >= 4 is 40.8 Å². The van der Waals surface area contributed by atoms with Gasteiger partial charge in [-0.1, -0.05) is 47.5 Å². The van der Waals surface area contributed by atoms with Crippen LogP contribution in [0, 0.1) is 0 Å². The van der Waals surface area contributed by atoms with Crippen LogP contribution in [0.2, 0.25) is 10.0 Å². The third-order valence-electron chi connectivity index (χ3n) is 4.30. The van der Waals surface area contributed by atoms with Gasteiger partial charge in [0.25, 0.3) is 5.91 Å². The highest BCUT2D eigenvalue weighted by atomic mass is 35.5. The monoisotopic (exact) mass is 389 g/mol. The van der Waals surface area contributed by atoms with Crippen LogP contribution in [-0.4, -0.2) is 23.9 Å². The summed E-state index contributed by atoms with van der Waals surface area (Å²) in [6.45, 7) is 1.73. The van der Waals surface area contributed by atoms with E-state index in [1.807, 2.05) is 18.2 Å². The van der Waals surface area contributed by atoms with Gasteiger partial charge in [0.15, 0.2) is 0 Å². The zero-order valence-corrected chi connectivity index (χ0v) is 15.7. The molecule has 0 fully saturated rings. The lowest BCUT2D eigenvalue weighted by Gasteiger charge is -2.34. The number of anilines is 1. The number of para-hydroxylation sites is 1. The van der Waals surface area contributed by atoms with E-state index in [-0.39, 0.29) is 11.9 Å². The summed E-state index contributed by atoms with van der Waals surface area (Å²) in [6, 6.07) is 13.1. The normalized spacial score (nSPS) is 17.2. The van der Waals surface area contributed by atoms with E-state index < -0.39 is 6.04 Å². The molecule has 3 amide bonds. The first kappa shape index (κ1) is 18.3. The third-order valence-corrected chi connectivity index (χ3v) is 4.87. The maximum Gasteiger partial charge on any atom is 0.322 e. The van der Waals surface area contributed by atoms with Crippen LogP contribution in [0.3, 0.4) is 0 Å². The molecule has 0 unspecified atom stereocenters. The van der Waals surface area contributed by atoms with E-state index in [1.54, 1.807) is 44.3 Å². The van der Waals surface area contributed by atoms with Crippen molar-refractivity contribution in [1.82, 2.24) is 10.2 Å². The van der Waals surface area contributed by atoms with E-state index in [9.17, 15) is 9.59 Å². The fourth-order valence-electron chi connectivity index (χ4n) is 2.82. The number of amides is 3. The molecule has 0 spiro atoms. The van der Waals surface area contributed by atoms with Gasteiger partial charge in [-0.25, -0.2) is 4.79 Å². The van der Waals surface area contributed by atoms with Gasteiger partial charge in [-0.15, -0.1) is 0 Å². The number of nitrogens with zero attached hydrogens (tertiary/aromatic N) is 1. The van der Waals surface area contributed by atoms with E-state index in [0.717, 1.165) is 0 Å². The number of benzene rings is 2. The predicted molar refractivity (Wildman–Crippen MR) is 103 cm³/mol. The van der Waals surface area contributed by atoms with Crippen molar-refractivity contribution in [2.45, 2.75) is 13.0 Å². The Hall–Kier alpha value is -2.50. The number of hydrogen-bond donors (Lipinski definition) is 2. The lowest BCUT2D eigenvalue weighted by Crippen LogP contribution is -2.46. The number of allylic oxidation sites excluding steroid dienone is 1. The molecule has 5 nitrogen and oxygen atoms in total. The molecular formula is C19H17Cl2N3O2. The predicted octanol–water partition coefficient (Wildman–Crippen LogP) is 4.60. The number of rotatable bonds is 3. The summed E-state index contributed by atoms with van der Waals surface area (Å²) in [5.41, 5.74) is 2.24. The second-order valence-corrected chi connectivity index (χ2v) is 6.77. The summed E-state index contributed by atoms with van der Waals surface area (Å²) in [4.78, 5) is 26.7. The molecule has 1 aliphatic rings. The molecule has 1 heterocycles. The number of carbonyl (C=O) groups is 2. The molecule has 0 bridgehead atoms. The molecule has 3 rings (SSSR count). The van der Waals surface area contributed by atoms with Crippen LogP contribution in [0.4, 0.5) is 10.5 Å². The first-order valence-electron chi connectivity index (χ1n) is 7.95. The summed E-state index contributed by atoms with van der Waals surface area (Å²) in [6.07, 6.45) is 0. The van der Waals surface area contributed by atoms with Crippen LogP contribution in [0.15, 0.2) is 59.8 Å². The molecule has 0 saturated carbocycles. The van der Waals surface area contributed by atoms with Gasteiger partial charge in [-0.3, -0.25) is 4.79 Å². The van der Waals surface area contributed by atoms with Gasteiger partial charge in [0.05, 0.1) is 11.6 Å². The fraction of sp³-hybridized carbons (Fsp3) is 0.158. The molecule has 7 heteroatoms. The van der Waals surface area contributed by atoms with Crippen molar-refractivity contribution in [1.29, 1.82) is 0 Å². The maximum atomic E-state index is 13.0. The molecule has 2 aromatic carbocycles. The van der Waals surface area contributed by atoms with Crippen LogP contribution in [-0.2, 0) is 4.79 Å². The van der Waals surface area contributed by atoms with E-state index >= 15 is 0 Å². The molecule has 0 radical (unpaired) electrons. The van der Waals surface area contributed by atoms with Gasteiger partial charge in [0.1, 0.15) is 0 Å². The fourth-order valence-corrected chi connectivity index (χ4v) is 3.34. The lowest BCUT2D eigenvalue weighted by atomic mass is 9.94. The quantitative estimate of drug-likeness (QED) is 0.805. The van der Waals surface area contributed by atoms with Crippen molar-refractivity contribution in [3.05, 3.63) is 75.4 Å². The Labute approximate surface area is 161 Å². The molecule has 0 aliphatic carbocycles. The Morgan fingerprint density at radius 1 is 1.15 bits per heavy atom. The minimum atomic E-state index is -0.674. The van der Waals surface area contributed by atoms with Crippen LogP contribution >= 0.6 is 23.2 Å². The second-order valence-electron chi connectivity index (χ2n) is 5.93. The minimum absolute atomic E-state index is 0.309. The van der Waals surface area contributed by atoms with Crippen molar-refractivity contribution in [2.75, 3.05) is 12.4 Å². The smallest absolute Gasteiger partial charge is 0.322 e. The zero-order chi connectivity index (χ0) is 18.8. The highest BCUT2D eigenvalue weighted by molar-refractivity contribution is 6.35. The summed E-state index contributed by atoms with van der Waals surface area (Å²) in [7, 11) is 1.61. The summed E-state index contributed by atoms with van der Waals surface area (Å²) >= 11 is 12.3. The largest absolute Gasteiger partial charge is 0.326 e. The Bertz CT molecular complexity index is 897. The van der Waals surface area contributed by atoms with Gasteiger partial charge in [0, 0.05) is 28.5 Å². The van der Waals surface area contributed by atoms with Gasteiger partial charge in [0.2, 0.25) is 0 Å². The first-order valence-corrected chi connectivity index (χ1v) is 8.70. The molecular weight excluding hydrogens is 373 g/mol. The molecule has 1 atom stereocenters. The Morgan fingerprint density at radius 2 is 1.85 bits per heavy atom. The maximum absolute atomic E-state index is 13.0. The average Bonchev–Trinajstić information content (AvgIpc) is 2.60. The van der Waals surface area contributed by atoms with Crippen molar-refractivity contribution in [2.24, 2.45) is 0 Å². The standard InChI is InChI=1S/C19H17Cl2N3O2/c1-11-16(18(25)22-13-6-4-3-5-7-13)17(23-19(26)24(11)2)14-9-8-12(20)10-15(14)21/h3-10,17H,1-2H3,(H,22,25)(H,23,26)/t17-/m1/s1. The van der Waals surface area contributed by atoms with Gasteiger partial charge < -0.3 is 15.5 Å². The van der Waals surface area contributed by atoms with Crippen LogP contribution in [0.1, 0.15) is 18.5 Å². The highest BCUT2D eigenvalue weighted by Crippen LogP contribution is 2.35. The van der Waals surface area contributed by atoms with Gasteiger partial charge in [-0.2, -0.15) is 0 Å². The molecule has 2 aromatic rings. The average molecular weight is 390 g/mol. The highest BCUT2D eigenvalue weighted by Gasteiger charge is 2.35. The van der Waals surface area contributed by atoms with Crippen molar-refractivity contribution in [3.8, 4) is 0 Å². The Kier molecular flexibility index (Phi) is 5.20. The molecule has 0 aromatic heterocycles. The van der Waals surface area contributed by atoms with E-state index in [4.69, 9.17) is 23.2 Å². The van der Waals surface area contributed by atoms with E-state index in [2.05, 4.69) is 10.6 Å². The van der Waals surface area contributed by atoms with E-state index in [1.165, 1.54) is 4.90 Å². The first-order chi connectivity index (χ1) is 12.4. The number of nitrogens with one attached hydrogen (secondary N) is 2. The zero-order valence-electron chi connectivity index (χ0n) is 14.2. The topological polar surface area (TPSA) is 61.4 Å². The SMILES string of the molecule is CC1=C(C(=O)Nc2ccccc2)[C@@H](c2ccc(Cl)cc2Cl)NC(=O)N1C. The second kappa shape index (κ2) is 7.40. The molecule has 134 valence electrons. The molecule has 2 N–H and O–H groups in total. The molecule has 26 heavy (non-hydrogen) atoms. The van der Waals surface area contributed by atoms with Gasteiger partial charge in [-0.05, 0) is 36.8 Å². The lowest BCUT2D eigenvalue weighted by molar-refractivity contribution is -0.113. The Balaban J connectivity index is 2.04. The Morgan fingerprint density at radius 3 is 2.50 bits per heavy atom. The summed E-state index contributed by atoms with van der Waals surface area (Å²) in [5, 5.41) is 6.56. The van der Waals surface area contributed by atoms with E-state index in [0.29, 0.717) is 32.6 Å².